The summed E-state index contributed by atoms with van der Waals surface area (Å²) in [6.45, 7) is 5.52. The van der Waals surface area contributed by atoms with Gasteiger partial charge in [-0.1, -0.05) is 6.07 Å². The van der Waals surface area contributed by atoms with Crippen molar-refractivity contribution in [2.24, 2.45) is 0 Å². The second-order valence-corrected chi connectivity index (χ2v) is 5.68. The number of nitrogen functional groups attached to an aromatic ring is 1. The zero-order valence-electron chi connectivity index (χ0n) is 13.9. The van der Waals surface area contributed by atoms with Gasteiger partial charge in [0.25, 0.3) is 0 Å². The van der Waals surface area contributed by atoms with Crippen molar-refractivity contribution in [1.29, 1.82) is 5.26 Å². The van der Waals surface area contributed by atoms with E-state index in [0.29, 0.717) is 22.5 Å². The lowest BCUT2D eigenvalue weighted by molar-refractivity contribution is 0.411. The molecule has 0 amide bonds. The van der Waals surface area contributed by atoms with Gasteiger partial charge in [0.05, 0.1) is 24.5 Å². The third kappa shape index (κ3) is 2.02. The Labute approximate surface area is 139 Å². The normalized spacial score (nSPS) is 10.8. The lowest BCUT2D eigenvalue weighted by Gasteiger charge is -2.17. The standard InChI is InChI=1S/C18H17FN4O/c1-9-5-6-14(24-4)10(2)16(9)23-17-13(19)8-22-11(3)15(17)12(7-20)18(23)21/h5-6,8H,21H2,1-4H3. The van der Waals surface area contributed by atoms with E-state index in [-0.39, 0.29) is 16.9 Å². The molecule has 6 heteroatoms. The molecule has 0 saturated carbocycles. The van der Waals surface area contributed by atoms with E-state index < -0.39 is 5.82 Å². The molecule has 122 valence electrons. The first-order valence-corrected chi connectivity index (χ1v) is 7.42. The average Bonchev–Trinajstić information content (AvgIpc) is 2.85. The highest BCUT2D eigenvalue weighted by atomic mass is 19.1. The second kappa shape index (κ2) is 5.53. The SMILES string of the molecule is COc1ccc(C)c(-n2c(N)c(C#N)c3c(C)ncc(F)c32)c1C. The smallest absolute Gasteiger partial charge is 0.166 e. The summed E-state index contributed by atoms with van der Waals surface area (Å²) in [4.78, 5) is 4.02. The number of hydrogen-bond acceptors (Lipinski definition) is 4. The van der Waals surface area contributed by atoms with E-state index in [0.717, 1.165) is 17.3 Å². The van der Waals surface area contributed by atoms with Crippen LogP contribution in [0.25, 0.3) is 16.6 Å². The quantitative estimate of drug-likeness (QED) is 0.782. The van der Waals surface area contributed by atoms with E-state index in [9.17, 15) is 9.65 Å². The zero-order valence-corrected chi connectivity index (χ0v) is 13.9. The Kier molecular flexibility index (Phi) is 3.64. The number of nitrogens with two attached hydrogens (primary N) is 1. The molecule has 0 spiro atoms. The zero-order chi connectivity index (χ0) is 17.6. The molecule has 0 unspecified atom stereocenters. The van der Waals surface area contributed by atoms with Crippen LogP contribution in [-0.2, 0) is 0 Å². The predicted molar refractivity (Wildman–Crippen MR) is 90.9 cm³/mol. The molecule has 0 bridgehead atoms. The molecule has 0 fully saturated rings. The Hall–Kier alpha value is -3.07. The first kappa shape index (κ1) is 15.8. The Morgan fingerprint density at radius 2 is 2.00 bits per heavy atom. The van der Waals surface area contributed by atoms with Crippen LogP contribution in [-0.4, -0.2) is 16.7 Å². The topological polar surface area (TPSA) is 76.9 Å². The van der Waals surface area contributed by atoms with Crippen molar-refractivity contribution in [2.75, 3.05) is 12.8 Å². The second-order valence-electron chi connectivity index (χ2n) is 5.68. The lowest BCUT2D eigenvalue weighted by atomic mass is 10.1. The van der Waals surface area contributed by atoms with Crippen molar-refractivity contribution >= 4 is 16.7 Å². The maximum Gasteiger partial charge on any atom is 0.166 e. The Morgan fingerprint density at radius 1 is 1.29 bits per heavy atom. The molecule has 3 rings (SSSR count). The highest BCUT2D eigenvalue weighted by Crippen LogP contribution is 2.37. The van der Waals surface area contributed by atoms with Crippen molar-refractivity contribution in [3.8, 4) is 17.5 Å². The predicted octanol–water partition coefficient (Wildman–Crippen LogP) is 3.55. The van der Waals surface area contributed by atoms with Crippen LogP contribution in [0.1, 0.15) is 22.4 Å². The third-order valence-corrected chi connectivity index (χ3v) is 4.31. The van der Waals surface area contributed by atoms with Gasteiger partial charge in [-0.15, -0.1) is 0 Å². The fourth-order valence-electron chi connectivity index (χ4n) is 3.18. The summed E-state index contributed by atoms with van der Waals surface area (Å²) in [6.07, 6.45) is 1.15. The molecule has 5 nitrogen and oxygen atoms in total. The van der Waals surface area contributed by atoms with Crippen LogP contribution in [0.3, 0.4) is 0 Å². The molecular formula is C18H17FN4O. The van der Waals surface area contributed by atoms with E-state index in [1.807, 2.05) is 26.0 Å². The monoisotopic (exact) mass is 324 g/mol. The van der Waals surface area contributed by atoms with Crippen molar-refractivity contribution < 1.29 is 9.13 Å². The minimum atomic E-state index is -0.523. The number of methoxy groups -OCH3 is 1. The Balaban J connectivity index is 2.57. The molecule has 0 atom stereocenters. The Morgan fingerprint density at radius 3 is 2.62 bits per heavy atom. The molecule has 0 aliphatic heterocycles. The number of nitrogens with zero attached hydrogens (tertiary/aromatic N) is 3. The van der Waals surface area contributed by atoms with Crippen LogP contribution in [0.15, 0.2) is 18.3 Å². The number of benzene rings is 1. The van der Waals surface area contributed by atoms with E-state index in [2.05, 4.69) is 11.1 Å². The molecule has 2 aromatic heterocycles. The van der Waals surface area contributed by atoms with E-state index in [1.54, 1.807) is 18.6 Å². The van der Waals surface area contributed by atoms with Gasteiger partial charge in [-0.3, -0.25) is 9.55 Å². The number of ether oxygens (including phenoxy) is 1. The highest BCUT2D eigenvalue weighted by molar-refractivity contribution is 5.96. The molecule has 2 heterocycles. The van der Waals surface area contributed by atoms with Gasteiger partial charge < -0.3 is 10.5 Å². The van der Waals surface area contributed by atoms with Crippen LogP contribution in [0.2, 0.25) is 0 Å². The number of fused-ring (bicyclic) bond motifs is 1. The minimum Gasteiger partial charge on any atom is -0.496 e. The number of aromatic nitrogens is 2. The van der Waals surface area contributed by atoms with Gasteiger partial charge in [-0.2, -0.15) is 5.26 Å². The summed E-state index contributed by atoms with van der Waals surface area (Å²) in [6, 6.07) is 5.81. The summed E-state index contributed by atoms with van der Waals surface area (Å²) in [5.74, 6) is 0.342. The maximum atomic E-state index is 14.6. The molecule has 0 aliphatic rings. The van der Waals surface area contributed by atoms with Crippen molar-refractivity contribution in [3.63, 3.8) is 0 Å². The molecule has 0 aliphatic carbocycles. The summed E-state index contributed by atoms with van der Waals surface area (Å²) in [5.41, 5.74) is 9.71. The number of pyridine rings is 1. The molecule has 3 aromatic rings. The van der Waals surface area contributed by atoms with E-state index in [1.165, 1.54) is 0 Å². The van der Waals surface area contributed by atoms with Crippen molar-refractivity contribution in [3.05, 3.63) is 46.5 Å². The number of hydrogen-bond donors (Lipinski definition) is 1. The van der Waals surface area contributed by atoms with Crippen molar-refractivity contribution in [1.82, 2.24) is 9.55 Å². The van der Waals surface area contributed by atoms with Gasteiger partial charge in [-0.25, -0.2) is 4.39 Å². The summed E-state index contributed by atoms with van der Waals surface area (Å²) < 4.78 is 21.6. The van der Waals surface area contributed by atoms with Gasteiger partial charge in [0.1, 0.15) is 23.2 Å². The largest absolute Gasteiger partial charge is 0.496 e. The first-order chi connectivity index (χ1) is 11.4. The first-order valence-electron chi connectivity index (χ1n) is 7.42. The average molecular weight is 324 g/mol. The highest BCUT2D eigenvalue weighted by Gasteiger charge is 2.24. The van der Waals surface area contributed by atoms with Gasteiger partial charge in [0, 0.05) is 16.6 Å². The van der Waals surface area contributed by atoms with Crippen LogP contribution in [0.5, 0.6) is 5.75 Å². The van der Waals surface area contributed by atoms with Gasteiger partial charge >= 0.3 is 0 Å². The molecule has 24 heavy (non-hydrogen) atoms. The number of halogens is 1. The molecule has 2 N–H and O–H groups in total. The number of anilines is 1. The van der Waals surface area contributed by atoms with Crippen LogP contribution >= 0.6 is 0 Å². The van der Waals surface area contributed by atoms with Crippen LogP contribution in [0, 0.1) is 37.9 Å². The lowest BCUT2D eigenvalue weighted by Crippen LogP contribution is -2.07. The fourth-order valence-corrected chi connectivity index (χ4v) is 3.18. The third-order valence-electron chi connectivity index (χ3n) is 4.31. The molecule has 0 radical (unpaired) electrons. The Bertz CT molecular complexity index is 1010. The maximum absolute atomic E-state index is 14.6. The molecular weight excluding hydrogens is 307 g/mol. The number of rotatable bonds is 2. The minimum absolute atomic E-state index is 0.196. The fraction of sp³-hybridized carbons (Fsp3) is 0.222. The van der Waals surface area contributed by atoms with Gasteiger partial charge in [-0.05, 0) is 32.4 Å². The van der Waals surface area contributed by atoms with Crippen LogP contribution in [0.4, 0.5) is 10.2 Å². The van der Waals surface area contributed by atoms with Crippen LogP contribution < -0.4 is 10.5 Å². The van der Waals surface area contributed by atoms with Gasteiger partial charge in [0.2, 0.25) is 0 Å². The summed E-state index contributed by atoms with van der Waals surface area (Å²) in [7, 11) is 1.58. The summed E-state index contributed by atoms with van der Waals surface area (Å²) >= 11 is 0. The number of aryl methyl sites for hydroxylation is 2. The molecule has 1 aromatic carbocycles. The molecule has 0 saturated heterocycles. The summed E-state index contributed by atoms with van der Waals surface area (Å²) in [5, 5.41) is 9.95. The van der Waals surface area contributed by atoms with E-state index in [4.69, 9.17) is 10.5 Å². The van der Waals surface area contributed by atoms with Gasteiger partial charge in [0.15, 0.2) is 5.82 Å². The van der Waals surface area contributed by atoms with Crippen molar-refractivity contribution in [2.45, 2.75) is 20.8 Å². The number of nitriles is 1. The van der Waals surface area contributed by atoms with E-state index >= 15 is 0 Å².